The predicted molar refractivity (Wildman–Crippen MR) is 91.3 cm³/mol. The first-order chi connectivity index (χ1) is 11.7. The molecule has 0 aromatic heterocycles. The van der Waals surface area contributed by atoms with Crippen molar-refractivity contribution in [2.24, 2.45) is 11.3 Å². The number of benzene rings is 1. The smallest absolute Gasteiger partial charge is 0.407 e. The lowest BCUT2D eigenvalue weighted by Gasteiger charge is -2.51. The topological polar surface area (TPSA) is 83.9 Å². The molecule has 0 saturated carbocycles. The molecule has 2 heterocycles. The zero-order valence-corrected chi connectivity index (χ0v) is 14.7. The highest BCUT2D eigenvalue weighted by Gasteiger charge is 2.55. The molecule has 1 spiro atoms. The number of piperidine rings is 1. The standard InChI is InChI=1S/C19H23NO5/c1-18(2,3)16-15(22)13-10-12(11-21)4-5-14(13)25-19(16)6-8-20(9-7-19)17(23)24/h4-5,10-11,16H,6-9H2,1-3H3,(H,23,24). The molecule has 2 aliphatic heterocycles. The summed E-state index contributed by atoms with van der Waals surface area (Å²) >= 11 is 0. The molecule has 25 heavy (non-hydrogen) atoms. The Kier molecular flexibility index (Phi) is 4.09. The Morgan fingerprint density at radius 1 is 1.32 bits per heavy atom. The maximum absolute atomic E-state index is 13.3. The fourth-order valence-corrected chi connectivity index (χ4v) is 4.22. The van der Waals surface area contributed by atoms with Crippen molar-refractivity contribution < 1.29 is 24.2 Å². The molecule has 0 radical (unpaired) electrons. The van der Waals surface area contributed by atoms with Crippen LogP contribution in [0.5, 0.6) is 5.75 Å². The minimum Gasteiger partial charge on any atom is -0.486 e. The van der Waals surface area contributed by atoms with E-state index < -0.39 is 17.6 Å². The first kappa shape index (κ1) is 17.5. The summed E-state index contributed by atoms with van der Waals surface area (Å²) in [6.45, 7) is 6.68. The van der Waals surface area contributed by atoms with Gasteiger partial charge < -0.3 is 14.7 Å². The van der Waals surface area contributed by atoms with Crippen molar-refractivity contribution in [2.45, 2.75) is 39.2 Å². The molecule has 134 valence electrons. The van der Waals surface area contributed by atoms with Gasteiger partial charge in [0.1, 0.15) is 17.6 Å². The van der Waals surface area contributed by atoms with Crippen molar-refractivity contribution in [3.8, 4) is 5.75 Å². The number of hydrogen-bond acceptors (Lipinski definition) is 4. The summed E-state index contributed by atoms with van der Waals surface area (Å²) in [6, 6.07) is 4.89. The van der Waals surface area contributed by atoms with Gasteiger partial charge in [-0.15, -0.1) is 0 Å². The number of aldehydes is 1. The van der Waals surface area contributed by atoms with E-state index in [2.05, 4.69) is 0 Å². The molecule has 0 bridgehead atoms. The summed E-state index contributed by atoms with van der Waals surface area (Å²) in [5, 5.41) is 9.20. The van der Waals surface area contributed by atoms with E-state index in [0.717, 1.165) is 6.29 Å². The second-order valence-electron chi connectivity index (χ2n) is 7.97. The highest BCUT2D eigenvalue weighted by molar-refractivity contribution is 6.03. The van der Waals surface area contributed by atoms with Gasteiger partial charge in [-0.2, -0.15) is 0 Å². The van der Waals surface area contributed by atoms with Gasteiger partial charge in [-0.3, -0.25) is 9.59 Å². The first-order valence-corrected chi connectivity index (χ1v) is 8.48. The summed E-state index contributed by atoms with van der Waals surface area (Å²) < 4.78 is 6.34. The van der Waals surface area contributed by atoms with Gasteiger partial charge in [0.05, 0.1) is 11.5 Å². The Morgan fingerprint density at radius 2 is 1.96 bits per heavy atom. The number of rotatable bonds is 1. The number of Topliss-reactive ketones (excluding diaryl/α,β-unsaturated/α-hetero) is 1. The number of ether oxygens (including phenoxy) is 1. The second-order valence-corrected chi connectivity index (χ2v) is 7.97. The summed E-state index contributed by atoms with van der Waals surface area (Å²) in [4.78, 5) is 36.9. The van der Waals surface area contributed by atoms with E-state index in [1.165, 1.54) is 4.90 Å². The zero-order valence-electron chi connectivity index (χ0n) is 14.7. The number of likely N-dealkylation sites (tertiary alicyclic amines) is 1. The molecule has 2 aliphatic rings. The third-order valence-corrected chi connectivity index (χ3v) is 5.25. The van der Waals surface area contributed by atoms with Crippen LogP contribution >= 0.6 is 0 Å². The molecule has 0 aliphatic carbocycles. The molecule has 1 unspecified atom stereocenters. The molecule has 6 nitrogen and oxygen atoms in total. The lowest BCUT2D eigenvalue weighted by Crippen LogP contribution is -2.60. The Hall–Kier alpha value is -2.37. The van der Waals surface area contributed by atoms with E-state index in [0.29, 0.717) is 42.8 Å². The van der Waals surface area contributed by atoms with Gasteiger partial charge in [0.25, 0.3) is 0 Å². The number of fused-ring (bicyclic) bond motifs is 1. The molecule has 1 aromatic rings. The average Bonchev–Trinajstić information content (AvgIpc) is 2.53. The molecular weight excluding hydrogens is 322 g/mol. The van der Waals surface area contributed by atoms with E-state index in [4.69, 9.17) is 4.74 Å². The number of amides is 1. The minimum absolute atomic E-state index is 0.0266. The highest BCUT2D eigenvalue weighted by atomic mass is 16.5. The van der Waals surface area contributed by atoms with E-state index in [9.17, 15) is 19.5 Å². The van der Waals surface area contributed by atoms with Gasteiger partial charge in [-0.25, -0.2) is 4.79 Å². The number of carbonyl (C=O) groups is 3. The van der Waals surface area contributed by atoms with Crippen molar-refractivity contribution in [1.82, 2.24) is 4.90 Å². The molecule has 1 fully saturated rings. The summed E-state index contributed by atoms with van der Waals surface area (Å²) in [6.07, 6.45) is 0.722. The molecule has 6 heteroatoms. The molecule has 1 aromatic carbocycles. The third kappa shape index (κ3) is 2.90. The Labute approximate surface area is 146 Å². The monoisotopic (exact) mass is 345 g/mol. The van der Waals surface area contributed by atoms with Gasteiger partial charge in [0.15, 0.2) is 5.78 Å². The predicted octanol–water partition coefficient (Wildman–Crippen LogP) is 3.25. The van der Waals surface area contributed by atoms with Crippen LogP contribution in [0.1, 0.15) is 54.3 Å². The summed E-state index contributed by atoms with van der Waals surface area (Å²) in [7, 11) is 0. The first-order valence-electron chi connectivity index (χ1n) is 8.48. The fraction of sp³-hybridized carbons (Fsp3) is 0.526. The SMILES string of the molecule is CC(C)(C)C1C(=O)c2cc(C=O)ccc2OC12CCN(C(=O)O)CC2. The maximum atomic E-state index is 13.3. The van der Waals surface area contributed by atoms with E-state index in [-0.39, 0.29) is 11.2 Å². The number of ketones is 1. The average molecular weight is 345 g/mol. The van der Waals surface area contributed by atoms with Crippen LogP contribution in [0.2, 0.25) is 0 Å². The van der Waals surface area contributed by atoms with Crippen LogP contribution in [0.25, 0.3) is 0 Å². The van der Waals surface area contributed by atoms with Crippen LogP contribution in [0.3, 0.4) is 0 Å². The molecule has 1 atom stereocenters. The Morgan fingerprint density at radius 3 is 2.48 bits per heavy atom. The van der Waals surface area contributed by atoms with Gasteiger partial charge in [0, 0.05) is 31.5 Å². The van der Waals surface area contributed by atoms with Gasteiger partial charge >= 0.3 is 6.09 Å². The molecule has 1 N–H and O–H groups in total. The van der Waals surface area contributed by atoms with Gasteiger partial charge in [-0.1, -0.05) is 20.8 Å². The maximum Gasteiger partial charge on any atom is 0.407 e. The quantitative estimate of drug-likeness (QED) is 0.790. The number of carbonyl (C=O) groups excluding carboxylic acids is 2. The number of nitrogens with zero attached hydrogens (tertiary/aromatic N) is 1. The minimum atomic E-state index is -0.944. The largest absolute Gasteiger partial charge is 0.486 e. The molecule has 1 amide bonds. The zero-order chi connectivity index (χ0) is 18.4. The Bertz CT molecular complexity index is 726. The van der Waals surface area contributed by atoms with Crippen molar-refractivity contribution >= 4 is 18.2 Å². The van der Waals surface area contributed by atoms with Crippen LogP contribution < -0.4 is 4.74 Å². The molecular formula is C19H23NO5. The lowest BCUT2D eigenvalue weighted by molar-refractivity contribution is -0.0695. The van der Waals surface area contributed by atoms with Crippen molar-refractivity contribution in [3.05, 3.63) is 29.3 Å². The summed E-state index contributed by atoms with van der Waals surface area (Å²) in [5.74, 6) is 0.0615. The van der Waals surface area contributed by atoms with Gasteiger partial charge in [0.2, 0.25) is 0 Å². The van der Waals surface area contributed by atoms with E-state index in [1.54, 1.807) is 18.2 Å². The van der Waals surface area contributed by atoms with Crippen LogP contribution in [0.15, 0.2) is 18.2 Å². The van der Waals surface area contributed by atoms with E-state index in [1.807, 2.05) is 20.8 Å². The molecule has 3 rings (SSSR count). The fourth-order valence-electron chi connectivity index (χ4n) is 4.22. The van der Waals surface area contributed by atoms with Crippen LogP contribution in [-0.2, 0) is 0 Å². The highest BCUT2D eigenvalue weighted by Crippen LogP contribution is 2.49. The van der Waals surface area contributed by atoms with Crippen molar-refractivity contribution in [2.75, 3.05) is 13.1 Å². The third-order valence-electron chi connectivity index (χ3n) is 5.25. The van der Waals surface area contributed by atoms with Crippen LogP contribution in [0.4, 0.5) is 4.79 Å². The van der Waals surface area contributed by atoms with Gasteiger partial charge in [-0.05, 0) is 23.6 Å². The van der Waals surface area contributed by atoms with Crippen molar-refractivity contribution in [3.63, 3.8) is 0 Å². The summed E-state index contributed by atoms with van der Waals surface area (Å²) in [5.41, 5.74) is -0.176. The van der Waals surface area contributed by atoms with Crippen molar-refractivity contribution in [1.29, 1.82) is 0 Å². The lowest BCUT2D eigenvalue weighted by atomic mass is 9.62. The molecule has 1 saturated heterocycles. The number of carboxylic acid groups (broad SMARTS) is 1. The number of hydrogen-bond donors (Lipinski definition) is 1. The van der Waals surface area contributed by atoms with E-state index >= 15 is 0 Å². The normalized spacial score (nSPS) is 22.3. The van der Waals surface area contributed by atoms with Crippen LogP contribution in [0, 0.1) is 11.3 Å². The second kappa shape index (κ2) is 5.86. The Balaban J connectivity index is 2.04. The van der Waals surface area contributed by atoms with Crippen LogP contribution in [-0.4, -0.2) is 46.9 Å².